The van der Waals surface area contributed by atoms with Crippen LogP contribution in [0.3, 0.4) is 0 Å². The Morgan fingerprint density at radius 1 is 1.32 bits per heavy atom. The molecule has 1 atom stereocenters. The molecule has 1 unspecified atom stereocenters. The number of nitrogens with one attached hydrogen (secondary N) is 1. The van der Waals surface area contributed by atoms with E-state index >= 15 is 0 Å². The molecule has 102 valence electrons. The minimum atomic E-state index is 0.316. The van der Waals surface area contributed by atoms with Gasteiger partial charge in [-0.2, -0.15) is 0 Å². The number of aliphatic imine (C=N–C) groups is 1. The summed E-state index contributed by atoms with van der Waals surface area (Å²) in [7, 11) is 0. The first-order chi connectivity index (χ1) is 9.35. The summed E-state index contributed by atoms with van der Waals surface area (Å²) in [5, 5.41) is 4.64. The lowest BCUT2D eigenvalue weighted by Gasteiger charge is -2.35. The highest BCUT2D eigenvalue weighted by atomic mass is 32.2. The van der Waals surface area contributed by atoms with Crippen molar-refractivity contribution in [2.75, 3.05) is 12.4 Å². The van der Waals surface area contributed by atoms with Gasteiger partial charge in [0.1, 0.15) is 0 Å². The number of amidine groups is 1. The van der Waals surface area contributed by atoms with Gasteiger partial charge in [-0.05, 0) is 25.3 Å². The second kappa shape index (κ2) is 5.97. The number of rotatable bonds is 4. The maximum Gasteiger partial charge on any atom is 0.157 e. The molecular weight excluding hydrogens is 256 g/mol. The molecule has 2 aliphatic rings. The highest BCUT2D eigenvalue weighted by Crippen LogP contribution is 2.31. The second-order valence-electron chi connectivity index (χ2n) is 5.06. The lowest BCUT2D eigenvalue weighted by atomic mass is 9.89. The van der Waals surface area contributed by atoms with E-state index in [1.54, 1.807) is 0 Å². The van der Waals surface area contributed by atoms with Crippen LogP contribution in [-0.2, 0) is 4.74 Å². The van der Waals surface area contributed by atoms with Gasteiger partial charge in [-0.25, -0.2) is 0 Å². The zero-order valence-electron chi connectivity index (χ0n) is 11.2. The quantitative estimate of drug-likeness (QED) is 0.918. The average Bonchev–Trinajstić information content (AvgIpc) is 2.86. The van der Waals surface area contributed by atoms with Crippen molar-refractivity contribution in [2.24, 2.45) is 4.99 Å². The lowest BCUT2D eigenvalue weighted by Crippen LogP contribution is -2.46. The van der Waals surface area contributed by atoms with Crippen LogP contribution in [0.5, 0.6) is 0 Å². The van der Waals surface area contributed by atoms with Crippen LogP contribution in [0, 0.1) is 0 Å². The lowest BCUT2D eigenvalue weighted by molar-refractivity contribution is -0.00542. The standard InChI is InChI=1S/C15H20N2OS/c1-2-18-13-8-12(9-13)16-15-17-14(10-19-15)11-6-4-3-5-7-11/h3-7,12-14H,2,8-10H2,1H3,(H,16,17). The van der Waals surface area contributed by atoms with Crippen molar-refractivity contribution in [3.8, 4) is 0 Å². The Kier molecular flexibility index (Phi) is 4.09. The molecule has 1 saturated carbocycles. The fourth-order valence-corrected chi connectivity index (χ4v) is 3.56. The summed E-state index contributed by atoms with van der Waals surface area (Å²) < 4.78 is 5.58. The van der Waals surface area contributed by atoms with Gasteiger partial charge in [0, 0.05) is 18.4 Å². The van der Waals surface area contributed by atoms with Crippen molar-refractivity contribution in [3.63, 3.8) is 0 Å². The van der Waals surface area contributed by atoms with E-state index in [2.05, 4.69) is 42.6 Å². The van der Waals surface area contributed by atoms with Crippen LogP contribution >= 0.6 is 11.8 Å². The van der Waals surface area contributed by atoms with Crippen LogP contribution < -0.4 is 5.32 Å². The molecule has 4 heteroatoms. The molecule has 1 aromatic rings. The first-order valence-corrected chi connectivity index (χ1v) is 7.97. The molecular formula is C15H20N2OS. The number of hydrogen-bond donors (Lipinski definition) is 1. The zero-order valence-corrected chi connectivity index (χ0v) is 12.0. The highest BCUT2D eigenvalue weighted by molar-refractivity contribution is 8.14. The molecule has 1 fully saturated rings. The first kappa shape index (κ1) is 13.0. The maximum atomic E-state index is 5.58. The zero-order chi connectivity index (χ0) is 13.1. The SMILES string of the molecule is CCOC1CC(NC2=NC(c3ccccc3)CS2)C1. The van der Waals surface area contributed by atoms with Crippen molar-refractivity contribution in [1.29, 1.82) is 0 Å². The van der Waals surface area contributed by atoms with Gasteiger partial charge in [0.15, 0.2) is 5.17 Å². The molecule has 0 saturated heterocycles. The summed E-state index contributed by atoms with van der Waals surface area (Å²) in [5.74, 6) is 1.05. The summed E-state index contributed by atoms with van der Waals surface area (Å²) in [4.78, 5) is 4.78. The third kappa shape index (κ3) is 3.12. The van der Waals surface area contributed by atoms with Gasteiger partial charge in [-0.3, -0.25) is 4.99 Å². The number of nitrogens with zero attached hydrogens (tertiary/aromatic N) is 1. The van der Waals surface area contributed by atoms with E-state index < -0.39 is 0 Å². The Bertz CT molecular complexity index is 443. The molecule has 0 radical (unpaired) electrons. The van der Waals surface area contributed by atoms with Crippen LogP contribution in [0.15, 0.2) is 35.3 Å². The molecule has 3 rings (SSSR count). The number of hydrogen-bond acceptors (Lipinski definition) is 4. The van der Waals surface area contributed by atoms with Gasteiger partial charge in [-0.15, -0.1) is 0 Å². The fourth-order valence-electron chi connectivity index (χ4n) is 2.53. The Labute approximate surface area is 118 Å². The van der Waals surface area contributed by atoms with Crippen molar-refractivity contribution < 1.29 is 4.74 Å². The summed E-state index contributed by atoms with van der Waals surface area (Å²) in [6, 6.07) is 11.4. The highest BCUT2D eigenvalue weighted by Gasteiger charge is 2.31. The van der Waals surface area contributed by atoms with Gasteiger partial charge >= 0.3 is 0 Å². The number of benzene rings is 1. The van der Waals surface area contributed by atoms with E-state index in [-0.39, 0.29) is 0 Å². The molecule has 1 aromatic carbocycles. The molecule has 19 heavy (non-hydrogen) atoms. The molecule has 1 N–H and O–H groups in total. The smallest absolute Gasteiger partial charge is 0.157 e. The van der Waals surface area contributed by atoms with Gasteiger partial charge in [0.25, 0.3) is 0 Å². The third-order valence-corrected chi connectivity index (χ3v) is 4.64. The van der Waals surface area contributed by atoms with Gasteiger partial charge < -0.3 is 10.1 Å². The van der Waals surface area contributed by atoms with E-state index in [9.17, 15) is 0 Å². The van der Waals surface area contributed by atoms with E-state index in [0.717, 1.165) is 30.4 Å². The molecule has 0 aromatic heterocycles. The van der Waals surface area contributed by atoms with Gasteiger partial charge in [-0.1, -0.05) is 42.1 Å². The summed E-state index contributed by atoms with van der Waals surface area (Å²) in [5.41, 5.74) is 1.31. The van der Waals surface area contributed by atoms with Crippen LogP contribution in [0.1, 0.15) is 31.4 Å². The molecule has 0 bridgehead atoms. The van der Waals surface area contributed by atoms with Gasteiger partial charge in [0.2, 0.25) is 0 Å². The molecule has 1 aliphatic heterocycles. The molecule has 1 aliphatic carbocycles. The molecule has 0 spiro atoms. The topological polar surface area (TPSA) is 33.6 Å². The van der Waals surface area contributed by atoms with E-state index in [0.29, 0.717) is 18.2 Å². The Balaban J connectivity index is 1.51. The van der Waals surface area contributed by atoms with Crippen molar-refractivity contribution >= 4 is 16.9 Å². The van der Waals surface area contributed by atoms with Gasteiger partial charge in [0.05, 0.1) is 12.1 Å². The monoisotopic (exact) mass is 276 g/mol. The average molecular weight is 276 g/mol. The minimum Gasteiger partial charge on any atom is -0.378 e. The van der Waals surface area contributed by atoms with Crippen molar-refractivity contribution in [3.05, 3.63) is 35.9 Å². The van der Waals surface area contributed by atoms with E-state index in [1.807, 2.05) is 11.8 Å². The number of thioether (sulfide) groups is 1. The Morgan fingerprint density at radius 3 is 2.84 bits per heavy atom. The fraction of sp³-hybridized carbons (Fsp3) is 0.533. The largest absolute Gasteiger partial charge is 0.378 e. The van der Waals surface area contributed by atoms with Crippen molar-refractivity contribution in [1.82, 2.24) is 5.32 Å². The molecule has 3 nitrogen and oxygen atoms in total. The van der Waals surface area contributed by atoms with Crippen LogP contribution in [0.25, 0.3) is 0 Å². The van der Waals surface area contributed by atoms with Crippen molar-refractivity contribution in [2.45, 2.75) is 38.0 Å². The Morgan fingerprint density at radius 2 is 2.11 bits per heavy atom. The van der Waals surface area contributed by atoms with Crippen LogP contribution in [-0.4, -0.2) is 29.7 Å². The third-order valence-electron chi connectivity index (χ3n) is 3.66. The number of ether oxygens (including phenoxy) is 1. The first-order valence-electron chi connectivity index (χ1n) is 6.99. The Hall–Kier alpha value is -1.00. The maximum absolute atomic E-state index is 5.58. The molecule has 1 heterocycles. The van der Waals surface area contributed by atoms with E-state index in [4.69, 9.17) is 9.73 Å². The predicted octanol–water partition coefficient (Wildman–Crippen LogP) is 2.99. The van der Waals surface area contributed by atoms with Crippen LogP contribution in [0.4, 0.5) is 0 Å². The predicted molar refractivity (Wildman–Crippen MR) is 80.6 cm³/mol. The summed E-state index contributed by atoms with van der Waals surface area (Å²) >= 11 is 1.84. The van der Waals surface area contributed by atoms with Crippen LogP contribution in [0.2, 0.25) is 0 Å². The molecule has 0 amide bonds. The normalized spacial score (nSPS) is 29.7. The minimum absolute atomic E-state index is 0.316. The second-order valence-corrected chi connectivity index (χ2v) is 6.07. The summed E-state index contributed by atoms with van der Waals surface area (Å²) in [6.07, 6.45) is 2.69. The summed E-state index contributed by atoms with van der Waals surface area (Å²) in [6.45, 7) is 2.88. The van der Waals surface area contributed by atoms with E-state index in [1.165, 1.54) is 5.56 Å².